The maximum absolute atomic E-state index is 5.42. The molecule has 1 aromatic rings. The summed E-state index contributed by atoms with van der Waals surface area (Å²) in [6.45, 7) is 7.79. The van der Waals surface area contributed by atoms with Crippen molar-refractivity contribution in [1.82, 2.24) is 14.9 Å². The molecule has 3 rings (SSSR count). The van der Waals surface area contributed by atoms with Crippen LogP contribution in [0.2, 0.25) is 0 Å². The van der Waals surface area contributed by atoms with E-state index in [1.165, 1.54) is 19.4 Å². The van der Waals surface area contributed by atoms with Gasteiger partial charge in [0.15, 0.2) is 0 Å². The molecule has 0 radical (unpaired) electrons. The molecule has 0 bridgehead atoms. The van der Waals surface area contributed by atoms with E-state index in [-0.39, 0.29) is 0 Å². The third-order valence-electron chi connectivity index (χ3n) is 4.18. The van der Waals surface area contributed by atoms with Crippen LogP contribution in [0, 0.1) is 6.92 Å². The highest BCUT2D eigenvalue weighted by Gasteiger charge is 2.23. The second-order valence-electron chi connectivity index (χ2n) is 5.93. The van der Waals surface area contributed by atoms with Crippen molar-refractivity contribution in [3.63, 3.8) is 0 Å². The number of aryl methyl sites for hydroxylation is 1. The SMILES string of the molecule is Cc1cc(N2CCOCC2)nc(C2CCCN(C)C2)n1. The Hall–Kier alpha value is -1.20. The van der Waals surface area contributed by atoms with Crippen LogP contribution in [0.15, 0.2) is 6.07 Å². The Kier molecular flexibility index (Phi) is 4.17. The number of anilines is 1. The molecule has 0 aliphatic carbocycles. The minimum atomic E-state index is 0.480. The van der Waals surface area contributed by atoms with Crippen LogP contribution >= 0.6 is 0 Å². The van der Waals surface area contributed by atoms with Gasteiger partial charge in [-0.2, -0.15) is 0 Å². The normalized spacial score (nSPS) is 24.9. The Labute approximate surface area is 121 Å². The minimum Gasteiger partial charge on any atom is -0.378 e. The molecule has 0 spiro atoms. The maximum atomic E-state index is 5.42. The zero-order chi connectivity index (χ0) is 13.9. The molecule has 2 aliphatic rings. The van der Waals surface area contributed by atoms with Crippen molar-refractivity contribution in [2.24, 2.45) is 0 Å². The summed E-state index contributed by atoms with van der Waals surface area (Å²) in [5.41, 5.74) is 1.07. The molecule has 0 N–H and O–H groups in total. The molecular formula is C15H24N4O. The Morgan fingerprint density at radius 3 is 2.75 bits per heavy atom. The van der Waals surface area contributed by atoms with Crippen molar-refractivity contribution in [2.75, 3.05) is 51.3 Å². The van der Waals surface area contributed by atoms with Crippen LogP contribution in [-0.2, 0) is 4.74 Å². The molecule has 3 heterocycles. The predicted octanol–water partition coefficient (Wildman–Crippen LogP) is 1.43. The average Bonchev–Trinajstić information content (AvgIpc) is 2.47. The summed E-state index contributed by atoms with van der Waals surface area (Å²) >= 11 is 0. The third-order valence-corrected chi connectivity index (χ3v) is 4.18. The number of likely N-dealkylation sites (N-methyl/N-ethyl adjacent to an activating group) is 1. The van der Waals surface area contributed by atoms with E-state index in [0.717, 1.165) is 50.2 Å². The Bertz CT molecular complexity index is 459. The molecular weight excluding hydrogens is 252 g/mol. The molecule has 2 saturated heterocycles. The number of aromatic nitrogens is 2. The molecule has 0 aromatic carbocycles. The standard InChI is InChI=1S/C15H24N4O/c1-12-10-14(19-6-8-20-9-7-19)17-15(16-12)13-4-3-5-18(2)11-13/h10,13H,3-9,11H2,1-2H3. The number of morpholine rings is 1. The lowest BCUT2D eigenvalue weighted by Gasteiger charge is -2.31. The molecule has 2 aliphatic heterocycles. The Balaban J connectivity index is 1.82. The van der Waals surface area contributed by atoms with Gasteiger partial charge >= 0.3 is 0 Å². The van der Waals surface area contributed by atoms with E-state index in [9.17, 15) is 0 Å². The molecule has 0 saturated carbocycles. The molecule has 0 amide bonds. The molecule has 1 aromatic heterocycles. The smallest absolute Gasteiger partial charge is 0.135 e. The second kappa shape index (κ2) is 6.06. The predicted molar refractivity (Wildman–Crippen MR) is 79.3 cm³/mol. The summed E-state index contributed by atoms with van der Waals surface area (Å²) in [6.07, 6.45) is 2.45. The first-order chi connectivity index (χ1) is 9.72. The van der Waals surface area contributed by atoms with Gasteiger partial charge in [0.2, 0.25) is 0 Å². The van der Waals surface area contributed by atoms with E-state index in [1.54, 1.807) is 0 Å². The molecule has 5 nitrogen and oxygen atoms in total. The van der Waals surface area contributed by atoms with Gasteiger partial charge in [0, 0.05) is 37.3 Å². The zero-order valence-electron chi connectivity index (χ0n) is 12.5. The Morgan fingerprint density at radius 2 is 2.00 bits per heavy atom. The number of rotatable bonds is 2. The fourth-order valence-corrected chi connectivity index (χ4v) is 3.09. The third kappa shape index (κ3) is 3.10. The summed E-state index contributed by atoms with van der Waals surface area (Å²) in [6, 6.07) is 2.10. The van der Waals surface area contributed by atoms with Gasteiger partial charge in [0.05, 0.1) is 13.2 Å². The topological polar surface area (TPSA) is 41.5 Å². The summed E-state index contributed by atoms with van der Waals surface area (Å²) in [5, 5.41) is 0. The highest BCUT2D eigenvalue weighted by atomic mass is 16.5. The van der Waals surface area contributed by atoms with Crippen LogP contribution in [0.5, 0.6) is 0 Å². The van der Waals surface area contributed by atoms with Gasteiger partial charge < -0.3 is 14.5 Å². The molecule has 5 heteroatoms. The van der Waals surface area contributed by atoms with E-state index in [2.05, 4.69) is 29.8 Å². The van der Waals surface area contributed by atoms with Gasteiger partial charge in [0.1, 0.15) is 11.6 Å². The number of likely N-dealkylation sites (tertiary alicyclic amines) is 1. The largest absolute Gasteiger partial charge is 0.378 e. The molecule has 1 atom stereocenters. The van der Waals surface area contributed by atoms with E-state index in [4.69, 9.17) is 14.7 Å². The molecule has 2 fully saturated rings. The molecule has 1 unspecified atom stereocenters. The van der Waals surface area contributed by atoms with Crippen LogP contribution in [0.1, 0.15) is 30.3 Å². The number of ether oxygens (including phenoxy) is 1. The highest BCUT2D eigenvalue weighted by molar-refractivity contribution is 5.40. The van der Waals surface area contributed by atoms with Crippen LogP contribution in [0.4, 0.5) is 5.82 Å². The highest BCUT2D eigenvalue weighted by Crippen LogP contribution is 2.25. The van der Waals surface area contributed by atoms with Gasteiger partial charge in [-0.05, 0) is 33.4 Å². The first-order valence-electron chi connectivity index (χ1n) is 7.59. The Morgan fingerprint density at radius 1 is 1.20 bits per heavy atom. The van der Waals surface area contributed by atoms with E-state index in [0.29, 0.717) is 5.92 Å². The lowest BCUT2D eigenvalue weighted by atomic mass is 9.97. The number of hydrogen-bond donors (Lipinski definition) is 0. The molecule has 110 valence electrons. The van der Waals surface area contributed by atoms with Crippen LogP contribution in [0.3, 0.4) is 0 Å². The summed E-state index contributed by atoms with van der Waals surface area (Å²) < 4.78 is 5.42. The number of hydrogen-bond acceptors (Lipinski definition) is 5. The van der Waals surface area contributed by atoms with Crippen molar-refractivity contribution in [1.29, 1.82) is 0 Å². The minimum absolute atomic E-state index is 0.480. The van der Waals surface area contributed by atoms with Crippen LogP contribution in [-0.4, -0.2) is 61.3 Å². The summed E-state index contributed by atoms with van der Waals surface area (Å²) in [7, 11) is 2.19. The zero-order valence-corrected chi connectivity index (χ0v) is 12.5. The van der Waals surface area contributed by atoms with Crippen LogP contribution in [0.25, 0.3) is 0 Å². The van der Waals surface area contributed by atoms with Crippen LogP contribution < -0.4 is 4.90 Å². The monoisotopic (exact) mass is 276 g/mol. The fraction of sp³-hybridized carbons (Fsp3) is 0.733. The summed E-state index contributed by atoms with van der Waals surface area (Å²) in [4.78, 5) is 14.2. The lowest BCUT2D eigenvalue weighted by molar-refractivity contribution is 0.122. The van der Waals surface area contributed by atoms with Crippen molar-refractivity contribution >= 4 is 5.82 Å². The quantitative estimate of drug-likeness (QED) is 0.817. The van der Waals surface area contributed by atoms with Crippen molar-refractivity contribution in [3.8, 4) is 0 Å². The summed E-state index contributed by atoms with van der Waals surface area (Å²) in [5.74, 6) is 2.58. The molecule has 20 heavy (non-hydrogen) atoms. The van der Waals surface area contributed by atoms with Gasteiger partial charge in [-0.25, -0.2) is 9.97 Å². The lowest BCUT2D eigenvalue weighted by Crippen LogP contribution is -2.37. The maximum Gasteiger partial charge on any atom is 0.135 e. The van der Waals surface area contributed by atoms with E-state index < -0.39 is 0 Å². The van der Waals surface area contributed by atoms with Crippen molar-refractivity contribution in [2.45, 2.75) is 25.7 Å². The number of nitrogens with zero attached hydrogens (tertiary/aromatic N) is 4. The van der Waals surface area contributed by atoms with E-state index >= 15 is 0 Å². The first kappa shape index (κ1) is 13.8. The van der Waals surface area contributed by atoms with Crippen molar-refractivity contribution < 1.29 is 4.74 Å². The van der Waals surface area contributed by atoms with Gasteiger partial charge in [-0.3, -0.25) is 0 Å². The second-order valence-corrected chi connectivity index (χ2v) is 5.93. The van der Waals surface area contributed by atoms with Crippen molar-refractivity contribution in [3.05, 3.63) is 17.6 Å². The van der Waals surface area contributed by atoms with Gasteiger partial charge in [0.25, 0.3) is 0 Å². The van der Waals surface area contributed by atoms with Gasteiger partial charge in [-0.1, -0.05) is 0 Å². The average molecular weight is 276 g/mol. The number of piperidine rings is 1. The van der Waals surface area contributed by atoms with E-state index in [1.807, 2.05) is 0 Å². The first-order valence-corrected chi connectivity index (χ1v) is 7.59. The van der Waals surface area contributed by atoms with Gasteiger partial charge in [-0.15, -0.1) is 0 Å². The fourth-order valence-electron chi connectivity index (χ4n) is 3.09.